The Balaban J connectivity index is 4.01. The van der Waals surface area contributed by atoms with Crippen LogP contribution in [-0.4, -0.2) is 12.3 Å². The van der Waals surface area contributed by atoms with E-state index in [9.17, 15) is 9.90 Å². The summed E-state index contributed by atoms with van der Waals surface area (Å²) in [4.78, 5) is 10.8. The average Bonchev–Trinajstić information content (AvgIpc) is 2.16. The highest BCUT2D eigenvalue weighted by molar-refractivity contribution is 5.69. The summed E-state index contributed by atoms with van der Waals surface area (Å²) in [6.07, 6.45) is 4.21. The predicted octanol–water partition coefficient (Wildman–Crippen LogP) is 2.32. The molecule has 0 radical (unpaired) electrons. The smallest absolute Gasteiger partial charge is 0.304 e. The minimum Gasteiger partial charge on any atom is -0.818 e. The van der Waals surface area contributed by atoms with Crippen LogP contribution >= 0.6 is 0 Å². The predicted molar refractivity (Wildman–Crippen MR) is 62.6 cm³/mol. The van der Waals surface area contributed by atoms with Gasteiger partial charge in [0.2, 0.25) is 0 Å². The second kappa shape index (κ2) is 8.11. The second-order valence-electron chi connectivity index (χ2n) is 4.04. The van der Waals surface area contributed by atoms with Crippen molar-refractivity contribution < 1.29 is 14.6 Å². The van der Waals surface area contributed by atoms with Crippen LogP contribution in [0, 0.1) is 0 Å². The Morgan fingerprint density at radius 1 is 1.38 bits per heavy atom. The van der Waals surface area contributed by atoms with E-state index < -0.39 is 12.3 Å². The van der Waals surface area contributed by atoms with Crippen LogP contribution in [0.15, 0.2) is 23.3 Å². The van der Waals surface area contributed by atoms with E-state index in [1.165, 1.54) is 11.6 Å². The van der Waals surface area contributed by atoms with Crippen LogP contribution < -0.4 is 5.11 Å². The SMILES string of the molecule is CCC(=O)OC([O-])/C=C(\C)CCC=C(C)C. The summed E-state index contributed by atoms with van der Waals surface area (Å²) in [5, 5.41) is 11.3. The average molecular weight is 225 g/mol. The topological polar surface area (TPSA) is 49.4 Å². The van der Waals surface area contributed by atoms with Gasteiger partial charge in [0.05, 0.1) is 0 Å². The molecule has 0 aromatic carbocycles. The molecule has 0 N–H and O–H groups in total. The molecule has 1 unspecified atom stereocenters. The van der Waals surface area contributed by atoms with Gasteiger partial charge in [-0.3, -0.25) is 4.79 Å². The van der Waals surface area contributed by atoms with Crippen LogP contribution in [-0.2, 0) is 9.53 Å². The summed E-state index contributed by atoms with van der Waals surface area (Å²) in [6, 6.07) is 0. The fourth-order valence-corrected chi connectivity index (χ4v) is 1.15. The first-order chi connectivity index (χ1) is 7.45. The van der Waals surface area contributed by atoms with Crippen LogP contribution in [0.25, 0.3) is 0 Å². The van der Waals surface area contributed by atoms with E-state index in [1.807, 2.05) is 20.8 Å². The van der Waals surface area contributed by atoms with Crippen molar-refractivity contribution in [1.82, 2.24) is 0 Å². The van der Waals surface area contributed by atoms with Gasteiger partial charge in [0, 0.05) is 12.7 Å². The van der Waals surface area contributed by atoms with Gasteiger partial charge < -0.3 is 9.84 Å². The van der Waals surface area contributed by atoms with E-state index in [4.69, 9.17) is 0 Å². The molecule has 3 nitrogen and oxygen atoms in total. The van der Waals surface area contributed by atoms with Crippen LogP contribution in [0.5, 0.6) is 0 Å². The Bertz CT molecular complexity index is 273. The largest absolute Gasteiger partial charge is 0.818 e. The molecular weight excluding hydrogens is 204 g/mol. The van der Waals surface area contributed by atoms with E-state index in [2.05, 4.69) is 10.8 Å². The third-order valence-electron chi connectivity index (χ3n) is 2.05. The van der Waals surface area contributed by atoms with Crippen molar-refractivity contribution in [3.05, 3.63) is 23.3 Å². The fraction of sp³-hybridized carbons (Fsp3) is 0.615. The standard InChI is InChI=1S/C13H21O3/c1-5-12(14)16-13(15)9-11(4)8-6-7-10(2)3/h7,9,13H,5-6,8H2,1-4H3/q-1/b11-9+. The minimum atomic E-state index is -1.36. The first-order valence-electron chi connectivity index (χ1n) is 5.61. The lowest BCUT2D eigenvalue weighted by atomic mass is 10.1. The molecule has 0 bridgehead atoms. The normalized spacial score (nSPS) is 13.2. The van der Waals surface area contributed by atoms with Gasteiger partial charge in [-0.2, -0.15) is 0 Å². The van der Waals surface area contributed by atoms with Crippen molar-refractivity contribution in [1.29, 1.82) is 0 Å². The number of rotatable bonds is 6. The maximum Gasteiger partial charge on any atom is 0.304 e. The lowest BCUT2D eigenvalue weighted by Gasteiger charge is -2.19. The van der Waals surface area contributed by atoms with Gasteiger partial charge in [0.25, 0.3) is 0 Å². The molecule has 0 saturated heterocycles. The molecule has 0 spiro atoms. The molecule has 0 saturated carbocycles. The summed E-state index contributed by atoms with van der Waals surface area (Å²) in [5.41, 5.74) is 2.23. The minimum absolute atomic E-state index is 0.239. The van der Waals surface area contributed by atoms with Gasteiger partial charge in [-0.1, -0.05) is 30.2 Å². The van der Waals surface area contributed by atoms with Gasteiger partial charge >= 0.3 is 5.97 Å². The van der Waals surface area contributed by atoms with E-state index in [0.717, 1.165) is 18.4 Å². The van der Waals surface area contributed by atoms with Crippen molar-refractivity contribution in [2.24, 2.45) is 0 Å². The van der Waals surface area contributed by atoms with E-state index in [-0.39, 0.29) is 6.42 Å². The molecular formula is C13H21O3-. The van der Waals surface area contributed by atoms with Crippen LogP contribution in [0.2, 0.25) is 0 Å². The van der Waals surface area contributed by atoms with Gasteiger partial charge in [-0.25, -0.2) is 0 Å². The van der Waals surface area contributed by atoms with Crippen LogP contribution in [0.1, 0.15) is 47.0 Å². The number of ether oxygens (including phenoxy) is 1. The lowest BCUT2D eigenvalue weighted by molar-refractivity contribution is -0.462. The Kier molecular flexibility index (Phi) is 7.56. The van der Waals surface area contributed by atoms with Gasteiger partial charge in [-0.05, 0) is 33.6 Å². The number of esters is 1. The van der Waals surface area contributed by atoms with Crippen molar-refractivity contribution in [3.8, 4) is 0 Å². The molecule has 0 rings (SSSR count). The Hall–Kier alpha value is -1.09. The number of allylic oxidation sites excluding steroid dienone is 3. The zero-order valence-electron chi connectivity index (χ0n) is 10.6. The summed E-state index contributed by atoms with van der Waals surface area (Å²) in [7, 11) is 0. The highest BCUT2D eigenvalue weighted by Crippen LogP contribution is 2.07. The highest BCUT2D eigenvalue weighted by Gasteiger charge is 1.99. The van der Waals surface area contributed by atoms with E-state index in [0.29, 0.717) is 0 Å². The lowest BCUT2D eigenvalue weighted by Crippen LogP contribution is -2.29. The van der Waals surface area contributed by atoms with Crippen LogP contribution in [0.4, 0.5) is 0 Å². The van der Waals surface area contributed by atoms with Crippen molar-refractivity contribution in [2.75, 3.05) is 0 Å². The summed E-state index contributed by atoms with van der Waals surface area (Å²) >= 11 is 0. The Morgan fingerprint density at radius 3 is 2.50 bits per heavy atom. The van der Waals surface area contributed by atoms with Crippen molar-refractivity contribution in [2.45, 2.75) is 53.2 Å². The molecule has 0 aromatic heterocycles. The van der Waals surface area contributed by atoms with Gasteiger partial charge in [-0.15, -0.1) is 0 Å². The zero-order valence-corrected chi connectivity index (χ0v) is 10.6. The summed E-state index contributed by atoms with van der Waals surface area (Å²) in [6.45, 7) is 7.63. The van der Waals surface area contributed by atoms with Crippen molar-refractivity contribution >= 4 is 5.97 Å². The number of carbonyl (C=O) groups is 1. The number of hydrogen-bond acceptors (Lipinski definition) is 3. The number of hydrogen-bond donors (Lipinski definition) is 0. The second-order valence-corrected chi connectivity index (χ2v) is 4.04. The molecule has 16 heavy (non-hydrogen) atoms. The van der Waals surface area contributed by atoms with Gasteiger partial charge in [0.15, 0.2) is 0 Å². The molecule has 0 amide bonds. The van der Waals surface area contributed by atoms with E-state index >= 15 is 0 Å². The quantitative estimate of drug-likeness (QED) is 0.396. The maximum absolute atomic E-state index is 11.3. The first kappa shape index (κ1) is 14.9. The highest BCUT2D eigenvalue weighted by atomic mass is 16.6. The van der Waals surface area contributed by atoms with Gasteiger partial charge in [0.1, 0.15) is 0 Å². The third-order valence-corrected chi connectivity index (χ3v) is 2.05. The molecule has 0 heterocycles. The van der Waals surface area contributed by atoms with Crippen LogP contribution in [0.3, 0.4) is 0 Å². The fourth-order valence-electron chi connectivity index (χ4n) is 1.15. The molecule has 3 heteroatoms. The zero-order chi connectivity index (χ0) is 12.6. The Labute approximate surface area is 97.8 Å². The first-order valence-corrected chi connectivity index (χ1v) is 5.61. The molecule has 1 atom stereocenters. The molecule has 0 aliphatic carbocycles. The molecule has 0 aliphatic heterocycles. The monoisotopic (exact) mass is 225 g/mol. The molecule has 92 valence electrons. The van der Waals surface area contributed by atoms with Crippen molar-refractivity contribution in [3.63, 3.8) is 0 Å². The summed E-state index contributed by atoms with van der Waals surface area (Å²) in [5.74, 6) is -0.451. The molecule has 0 aromatic rings. The summed E-state index contributed by atoms with van der Waals surface area (Å²) < 4.78 is 4.61. The van der Waals surface area contributed by atoms with E-state index in [1.54, 1.807) is 6.92 Å². The number of carbonyl (C=O) groups excluding carboxylic acids is 1. The molecule has 0 aliphatic rings. The Morgan fingerprint density at radius 2 is 2.00 bits per heavy atom. The third kappa shape index (κ3) is 8.24. The maximum atomic E-state index is 11.3. The molecule has 0 fully saturated rings.